The highest BCUT2D eigenvalue weighted by Gasteiger charge is 2.16. The van der Waals surface area contributed by atoms with Crippen LogP contribution in [0, 0.1) is 11.3 Å². The number of rotatable bonds is 3. The Kier molecular flexibility index (Phi) is 3.49. The molecule has 1 heterocycles. The highest BCUT2D eigenvalue weighted by atomic mass is 35.5. The van der Waals surface area contributed by atoms with Crippen molar-refractivity contribution in [1.82, 2.24) is 0 Å². The summed E-state index contributed by atoms with van der Waals surface area (Å²) in [5.74, 6) is 0.928. The predicted octanol–water partition coefficient (Wildman–Crippen LogP) is 3.95. The number of nitrogens with zero attached hydrogens (tertiary/aromatic N) is 1. The van der Waals surface area contributed by atoms with Gasteiger partial charge >= 0.3 is 0 Å². The standard InChI is InChI=1S/C16H13ClN2O/c17-13-2-4-14(5-3-13)19-15(10-18)11-1-6-16-12(9-11)7-8-20-16/h1-6,9,15,19H,7-8H2. The average molecular weight is 285 g/mol. The van der Waals surface area contributed by atoms with Gasteiger partial charge in [-0.3, -0.25) is 0 Å². The molecule has 1 aliphatic rings. The quantitative estimate of drug-likeness (QED) is 0.928. The molecule has 0 spiro atoms. The van der Waals surface area contributed by atoms with Crippen LogP contribution in [0.5, 0.6) is 5.75 Å². The molecule has 1 N–H and O–H groups in total. The molecule has 2 aromatic carbocycles. The van der Waals surface area contributed by atoms with Gasteiger partial charge in [0.15, 0.2) is 0 Å². The average Bonchev–Trinajstić information content (AvgIpc) is 2.94. The molecular formula is C16H13ClN2O. The monoisotopic (exact) mass is 284 g/mol. The van der Waals surface area contributed by atoms with Gasteiger partial charge in [-0.15, -0.1) is 0 Å². The third-order valence-electron chi connectivity index (χ3n) is 3.33. The molecular weight excluding hydrogens is 272 g/mol. The minimum Gasteiger partial charge on any atom is -0.493 e. The summed E-state index contributed by atoms with van der Waals surface area (Å²) in [4.78, 5) is 0. The lowest BCUT2D eigenvalue weighted by molar-refractivity contribution is 0.357. The lowest BCUT2D eigenvalue weighted by Gasteiger charge is -2.14. The number of hydrogen-bond acceptors (Lipinski definition) is 3. The zero-order valence-electron chi connectivity index (χ0n) is 10.8. The van der Waals surface area contributed by atoms with E-state index in [2.05, 4.69) is 11.4 Å². The van der Waals surface area contributed by atoms with Crippen LogP contribution in [-0.2, 0) is 6.42 Å². The topological polar surface area (TPSA) is 45.0 Å². The molecule has 0 aliphatic carbocycles. The summed E-state index contributed by atoms with van der Waals surface area (Å²) < 4.78 is 5.48. The summed E-state index contributed by atoms with van der Waals surface area (Å²) in [6, 6.07) is 15.1. The first-order valence-corrected chi connectivity index (χ1v) is 6.81. The predicted molar refractivity (Wildman–Crippen MR) is 79.1 cm³/mol. The number of fused-ring (bicyclic) bond motifs is 1. The molecule has 100 valence electrons. The zero-order valence-corrected chi connectivity index (χ0v) is 11.5. The third-order valence-corrected chi connectivity index (χ3v) is 3.58. The van der Waals surface area contributed by atoms with Crippen molar-refractivity contribution in [2.75, 3.05) is 11.9 Å². The van der Waals surface area contributed by atoms with Gasteiger partial charge in [0.05, 0.1) is 12.7 Å². The van der Waals surface area contributed by atoms with Crippen molar-refractivity contribution in [2.24, 2.45) is 0 Å². The zero-order chi connectivity index (χ0) is 13.9. The first-order valence-electron chi connectivity index (χ1n) is 6.43. The smallest absolute Gasteiger partial charge is 0.140 e. The van der Waals surface area contributed by atoms with Crippen LogP contribution in [0.25, 0.3) is 0 Å². The molecule has 1 aliphatic heterocycles. The summed E-state index contributed by atoms with van der Waals surface area (Å²) in [7, 11) is 0. The molecule has 0 amide bonds. The minimum absolute atomic E-state index is 0.387. The molecule has 20 heavy (non-hydrogen) atoms. The van der Waals surface area contributed by atoms with Crippen LogP contribution in [0.3, 0.4) is 0 Å². The van der Waals surface area contributed by atoms with E-state index < -0.39 is 0 Å². The SMILES string of the molecule is N#CC(Nc1ccc(Cl)cc1)c1ccc2c(c1)CCO2. The Morgan fingerprint density at radius 1 is 1.20 bits per heavy atom. The molecule has 4 heteroatoms. The summed E-state index contributed by atoms with van der Waals surface area (Å²) >= 11 is 5.86. The second-order valence-corrected chi connectivity index (χ2v) is 5.12. The van der Waals surface area contributed by atoms with Crippen molar-refractivity contribution in [2.45, 2.75) is 12.5 Å². The molecule has 3 nitrogen and oxygen atoms in total. The summed E-state index contributed by atoms with van der Waals surface area (Å²) in [6.45, 7) is 0.723. The van der Waals surface area contributed by atoms with Crippen molar-refractivity contribution in [3.63, 3.8) is 0 Å². The van der Waals surface area contributed by atoms with Crippen LogP contribution in [-0.4, -0.2) is 6.61 Å². The first kappa shape index (κ1) is 12.8. The highest BCUT2D eigenvalue weighted by molar-refractivity contribution is 6.30. The fourth-order valence-corrected chi connectivity index (χ4v) is 2.41. The third kappa shape index (κ3) is 2.56. The van der Waals surface area contributed by atoms with E-state index in [1.807, 2.05) is 30.3 Å². The van der Waals surface area contributed by atoms with E-state index in [4.69, 9.17) is 16.3 Å². The van der Waals surface area contributed by atoms with E-state index in [1.165, 1.54) is 5.56 Å². The Labute approximate surface area is 122 Å². The van der Waals surface area contributed by atoms with E-state index in [1.54, 1.807) is 12.1 Å². The maximum Gasteiger partial charge on any atom is 0.140 e. The van der Waals surface area contributed by atoms with Gasteiger partial charge in [0.1, 0.15) is 11.8 Å². The largest absolute Gasteiger partial charge is 0.493 e. The fourth-order valence-electron chi connectivity index (χ4n) is 2.29. The second-order valence-electron chi connectivity index (χ2n) is 4.68. The minimum atomic E-state index is -0.387. The van der Waals surface area contributed by atoms with Crippen LogP contribution < -0.4 is 10.1 Å². The van der Waals surface area contributed by atoms with Gasteiger partial charge in [-0.05, 0) is 47.5 Å². The van der Waals surface area contributed by atoms with E-state index >= 15 is 0 Å². The number of anilines is 1. The van der Waals surface area contributed by atoms with E-state index in [-0.39, 0.29) is 6.04 Å². The van der Waals surface area contributed by atoms with E-state index in [0.717, 1.165) is 30.0 Å². The number of benzene rings is 2. The van der Waals surface area contributed by atoms with Crippen LogP contribution >= 0.6 is 11.6 Å². The number of nitriles is 1. The maximum atomic E-state index is 9.37. The molecule has 1 unspecified atom stereocenters. The number of hydrogen-bond donors (Lipinski definition) is 1. The number of halogens is 1. The molecule has 2 aromatic rings. The van der Waals surface area contributed by atoms with Crippen LogP contribution in [0.2, 0.25) is 5.02 Å². The molecule has 1 atom stereocenters. The van der Waals surface area contributed by atoms with Gasteiger partial charge in [-0.2, -0.15) is 5.26 Å². The molecule has 0 radical (unpaired) electrons. The Balaban J connectivity index is 1.83. The van der Waals surface area contributed by atoms with Crippen LogP contribution in [0.15, 0.2) is 42.5 Å². The Hall–Kier alpha value is -2.18. The second kappa shape index (κ2) is 5.44. The normalized spacial score (nSPS) is 14.0. The van der Waals surface area contributed by atoms with Gasteiger partial charge in [0.25, 0.3) is 0 Å². The van der Waals surface area contributed by atoms with Crippen molar-refractivity contribution >= 4 is 17.3 Å². The van der Waals surface area contributed by atoms with Crippen molar-refractivity contribution in [1.29, 1.82) is 5.26 Å². The van der Waals surface area contributed by atoms with Gasteiger partial charge in [-0.25, -0.2) is 0 Å². The van der Waals surface area contributed by atoms with Crippen molar-refractivity contribution in [3.8, 4) is 11.8 Å². The lowest BCUT2D eigenvalue weighted by Crippen LogP contribution is -2.08. The van der Waals surface area contributed by atoms with E-state index in [0.29, 0.717) is 5.02 Å². The van der Waals surface area contributed by atoms with Gasteiger partial charge in [-0.1, -0.05) is 17.7 Å². The first-order chi connectivity index (χ1) is 9.76. The molecule has 0 bridgehead atoms. The molecule has 0 aromatic heterocycles. The Morgan fingerprint density at radius 3 is 2.75 bits per heavy atom. The fraction of sp³-hybridized carbons (Fsp3) is 0.188. The number of nitrogens with one attached hydrogen (secondary N) is 1. The molecule has 0 saturated heterocycles. The Bertz CT molecular complexity index is 661. The van der Waals surface area contributed by atoms with Crippen LogP contribution in [0.4, 0.5) is 5.69 Å². The van der Waals surface area contributed by atoms with Gasteiger partial charge in [0, 0.05) is 17.1 Å². The lowest BCUT2D eigenvalue weighted by atomic mass is 10.0. The van der Waals surface area contributed by atoms with Gasteiger partial charge < -0.3 is 10.1 Å². The molecule has 3 rings (SSSR count). The highest BCUT2D eigenvalue weighted by Crippen LogP contribution is 2.29. The van der Waals surface area contributed by atoms with Gasteiger partial charge in [0.2, 0.25) is 0 Å². The Morgan fingerprint density at radius 2 is 2.00 bits per heavy atom. The summed E-state index contributed by atoms with van der Waals surface area (Å²) in [6.07, 6.45) is 0.905. The van der Waals surface area contributed by atoms with Crippen LogP contribution in [0.1, 0.15) is 17.2 Å². The van der Waals surface area contributed by atoms with Crippen molar-refractivity contribution in [3.05, 3.63) is 58.6 Å². The maximum absolute atomic E-state index is 9.37. The summed E-state index contributed by atoms with van der Waals surface area (Å²) in [5, 5.41) is 13.3. The molecule has 0 saturated carbocycles. The summed E-state index contributed by atoms with van der Waals surface area (Å²) in [5.41, 5.74) is 2.99. The van der Waals surface area contributed by atoms with Crippen molar-refractivity contribution < 1.29 is 4.74 Å². The number of ether oxygens (including phenoxy) is 1. The van der Waals surface area contributed by atoms with E-state index in [9.17, 15) is 5.26 Å². The molecule has 0 fully saturated rings.